The van der Waals surface area contributed by atoms with Crippen molar-refractivity contribution >= 4 is 23.6 Å². The largest absolute Gasteiger partial charge is 0.298 e. The van der Waals surface area contributed by atoms with Gasteiger partial charge in [-0.15, -0.1) is 0 Å². The van der Waals surface area contributed by atoms with Crippen molar-refractivity contribution < 1.29 is 14.4 Å². The van der Waals surface area contributed by atoms with Crippen LogP contribution in [-0.2, 0) is 4.79 Å². The fraction of sp³-hybridized carbons (Fsp3) is 0.185. The van der Waals surface area contributed by atoms with Gasteiger partial charge in [-0.1, -0.05) is 78.9 Å². The number of carbonyl (C=O) groups excluding carboxylic acids is 3. The summed E-state index contributed by atoms with van der Waals surface area (Å²) in [6.45, 7) is 1.52. The SMILES string of the molecule is CC(=O)[C@@H]1[C@@H](c2ccccc2)C2(C(=O)c3ccccc3C2=O)[C@H]2c3ccccc3C=NN12. The maximum atomic E-state index is 14.2. The van der Waals surface area contributed by atoms with Gasteiger partial charge in [-0.25, -0.2) is 0 Å². The molecule has 0 radical (unpaired) electrons. The third kappa shape index (κ3) is 2.18. The summed E-state index contributed by atoms with van der Waals surface area (Å²) in [5.41, 5.74) is 1.89. The molecule has 0 unspecified atom stereocenters. The van der Waals surface area contributed by atoms with Gasteiger partial charge < -0.3 is 0 Å². The number of hydrazone groups is 1. The van der Waals surface area contributed by atoms with Crippen LogP contribution in [0.15, 0.2) is 84.0 Å². The van der Waals surface area contributed by atoms with Crippen LogP contribution in [0.3, 0.4) is 0 Å². The Bertz CT molecular complexity index is 1290. The van der Waals surface area contributed by atoms with Gasteiger partial charge in [-0.2, -0.15) is 5.10 Å². The van der Waals surface area contributed by atoms with Crippen molar-refractivity contribution in [2.24, 2.45) is 10.5 Å². The highest BCUT2D eigenvalue weighted by atomic mass is 16.2. The standard InChI is InChI=1S/C27H20N2O3/c1-16(30)23-22(17-9-3-2-4-10-17)27(25(31)20-13-7-8-14-21(20)26(27)32)24-19-12-6-5-11-18(19)15-28-29(23)24/h2-15,22-24H,1H3/t22-,23-,24-/m1/s1. The van der Waals surface area contributed by atoms with E-state index < -0.39 is 23.4 Å². The summed E-state index contributed by atoms with van der Waals surface area (Å²) in [5, 5.41) is 6.36. The first-order valence-corrected chi connectivity index (χ1v) is 10.7. The normalized spacial score (nSPS) is 24.4. The molecule has 1 fully saturated rings. The van der Waals surface area contributed by atoms with Gasteiger partial charge in [0.1, 0.15) is 11.5 Å². The molecule has 3 aromatic rings. The zero-order valence-electron chi connectivity index (χ0n) is 17.4. The van der Waals surface area contributed by atoms with Crippen LogP contribution in [0.5, 0.6) is 0 Å². The molecule has 2 aliphatic heterocycles. The smallest absolute Gasteiger partial charge is 0.180 e. The fourth-order valence-corrected chi connectivity index (χ4v) is 5.96. The summed E-state index contributed by atoms with van der Waals surface area (Å²) in [4.78, 5) is 41.6. The third-order valence-corrected chi connectivity index (χ3v) is 7.15. The fourth-order valence-electron chi connectivity index (χ4n) is 5.96. The zero-order chi connectivity index (χ0) is 22.0. The summed E-state index contributed by atoms with van der Waals surface area (Å²) >= 11 is 0. The summed E-state index contributed by atoms with van der Waals surface area (Å²) in [5.74, 6) is -1.22. The van der Waals surface area contributed by atoms with Crippen molar-refractivity contribution in [3.8, 4) is 0 Å². The van der Waals surface area contributed by atoms with Crippen molar-refractivity contribution in [3.63, 3.8) is 0 Å². The summed E-state index contributed by atoms with van der Waals surface area (Å²) in [6, 6.07) is 22.7. The second kappa shape index (κ2) is 6.57. The first kappa shape index (κ1) is 18.9. The van der Waals surface area contributed by atoms with Crippen LogP contribution in [0.25, 0.3) is 0 Å². The van der Waals surface area contributed by atoms with Crippen LogP contribution in [0.1, 0.15) is 56.3 Å². The van der Waals surface area contributed by atoms with Crippen LogP contribution < -0.4 is 0 Å². The number of hydrogen-bond donors (Lipinski definition) is 0. The lowest BCUT2D eigenvalue weighted by Gasteiger charge is -2.36. The van der Waals surface area contributed by atoms with Crippen molar-refractivity contribution in [1.29, 1.82) is 0 Å². The van der Waals surface area contributed by atoms with Gasteiger partial charge in [0.2, 0.25) is 0 Å². The van der Waals surface area contributed by atoms with Gasteiger partial charge in [0.25, 0.3) is 0 Å². The molecule has 0 bridgehead atoms. The predicted octanol–water partition coefficient (Wildman–Crippen LogP) is 4.20. The Morgan fingerprint density at radius 1 is 0.844 bits per heavy atom. The predicted molar refractivity (Wildman–Crippen MR) is 120 cm³/mol. The van der Waals surface area contributed by atoms with Gasteiger partial charge in [-0.05, 0) is 23.6 Å². The second-order valence-corrected chi connectivity index (χ2v) is 8.67. The first-order valence-electron chi connectivity index (χ1n) is 10.7. The Hall–Kier alpha value is -3.86. The molecule has 1 aliphatic carbocycles. The lowest BCUT2D eigenvalue weighted by molar-refractivity contribution is -0.122. The topological polar surface area (TPSA) is 66.8 Å². The molecule has 2 heterocycles. The number of ketones is 3. The molecule has 0 aromatic heterocycles. The monoisotopic (exact) mass is 420 g/mol. The molecule has 1 spiro atoms. The Balaban J connectivity index is 1.72. The number of carbonyl (C=O) groups is 3. The Morgan fingerprint density at radius 3 is 2.09 bits per heavy atom. The van der Waals surface area contributed by atoms with E-state index in [-0.39, 0.29) is 17.3 Å². The molecule has 5 nitrogen and oxygen atoms in total. The molecule has 5 heteroatoms. The van der Waals surface area contributed by atoms with E-state index in [2.05, 4.69) is 5.10 Å². The minimum Gasteiger partial charge on any atom is -0.298 e. The highest BCUT2D eigenvalue weighted by molar-refractivity contribution is 6.31. The van der Waals surface area contributed by atoms with E-state index in [9.17, 15) is 14.4 Å². The van der Waals surface area contributed by atoms with Crippen molar-refractivity contribution in [2.75, 3.05) is 0 Å². The molecule has 0 saturated carbocycles. The summed E-state index contributed by atoms with van der Waals surface area (Å²) < 4.78 is 0. The van der Waals surface area contributed by atoms with E-state index in [0.29, 0.717) is 11.1 Å². The number of rotatable bonds is 2. The van der Waals surface area contributed by atoms with Gasteiger partial charge in [0.05, 0.1) is 12.3 Å². The van der Waals surface area contributed by atoms with E-state index in [1.807, 2.05) is 54.6 Å². The van der Waals surface area contributed by atoms with Crippen molar-refractivity contribution in [1.82, 2.24) is 5.01 Å². The average molecular weight is 420 g/mol. The first-order chi connectivity index (χ1) is 15.6. The van der Waals surface area contributed by atoms with Gasteiger partial charge in [-0.3, -0.25) is 19.4 Å². The highest BCUT2D eigenvalue weighted by Gasteiger charge is 2.72. The maximum absolute atomic E-state index is 14.2. The van der Waals surface area contributed by atoms with E-state index in [1.165, 1.54) is 6.92 Å². The molecule has 32 heavy (non-hydrogen) atoms. The van der Waals surface area contributed by atoms with Gasteiger partial charge in [0, 0.05) is 17.0 Å². The molecule has 3 atom stereocenters. The maximum Gasteiger partial charge on any atom is 0.180 e. The quantitative estimate of drug-likeness (QED) is 0.583. The van der Waals surface area contributed by atoms with Crippen LogP contribution in [0.2, 0.25) is 0 Å². The Morgan fingerprint density at radius 2 is 1.44 bits per heavy atom. The summed E-state index contributed by atoms with van der Waals surface area (Å²) in [7, 11) is 0. The molecular formula is C27H20N2O3. The molecular weight excluding hydrogens is 400 g/mol. The number of hydrogen-bond acceptors (Lipinski definition) is 5. The zero-order valence-corrected chi connectivity index (χ0v) is 17.4. The number of fused-ring (bicyclic) bond motifs is 5. The second-order valence-electron chi connectivity index (χ2n) is 8.67. The van der Waals surface area contributed by atoms with E-state index >= 15 is 0 Å². The molecule has 0 N–H and O–H groups in total. The summed E-state index contributed by atoms with van der Waals surface area (Å²) in [6.07, 6.45) is 1.72. The molecule has 0 amide bonds. The number of Topliss-reactive ketones (excluding diaryl/α,β-unsaturated/α-hetero) is 3. The minimum atomic E-state index is -1.46. The lowest BCUT2D eigenvalue weighted by Crippen LogP contribution is -2.43. The van der Waals surface area contributed by atoms with Crippen LogP contribution in [0.4, 0.5) is 0 Å². The van der Waals surface area contributed by atoms with Crippen molar-refractivity contribution in [3.05, 3.63) is 107 Å². The highest BCUT2D eigenvalue weighted by Crippen LogP contribution is 2.64. The van der Waals surface area contributed by atoms with Gasteiger partial charge >= 0.3 is 0 Å². The van der Waals surface area contributed by atoms with Gasteiger partial charge in [0.15, 0.2) is 17.3 Å². The average Bonchev–Trinajstić information content (AvgIpc) is 3.26. The number of nitrogens with zero attached hydrogens (tertiary/aromatic N) is 2. The van der Waals surface area contributed by atoms with Crippen LogP contribution in [-0.4, -0.2) is 34.6 Å². The van der Waals surface area contributed by atoms with E-state index in [1.54, 1.807) is 35.5 Å². The Labute approximate surface area is 185 Å². The Kier molecular flexibility index (Phi) is 3.87. The molecule has 156 valence electrons. The molecule has 6 rings (SSSR count). The van der Waals surface area contributed by atoms with E-state index in [0.717, 1.165) is 16.7 Å². The lowest BCUT2D eigenvalue weighted by atomic mass is 9.63. The van der Waals surface area contributed by atoms with E-state index in [4.69, 9.17) is 0 Å². The molecule has 3 aliphatic rings. The van der Waals surface area contributed by atoms with Crippen LogP contribution >= 0.6 is 0 Å². The van der Waals surface area contributed by atoms with Crippen LogP contribution in [0, 0.1) is 5.41 Å². The van der Waals surface area contributed by atoms with Crippen molar-refractivity contribution in [2.45, 2.75) is 24.9 Å². The number of benzene rings is 3. The third-order valence-electron chi connectivity index (χ3n) is 7.15. The molecule has 1 saturated heterocycles. The molecule has 3 aromatic carbocycles. The minimum absolute atomic E-state index is 0.117.